The lowest BCUT2D eigenvalue weighted by molar-refractivity contribution is 0.403. The van der Waals surface area contributed by atoms with Crippen LogP contribution in [0, 0.1) is 11.8 Å². The zero-order valence-corrected chi connectivity index (χ0v) is 11.3. The molecule has 1 saturated carbocycles. The predicted octanol–water partition coefficient (Wildman–Crippen LogP) is 2.92. The van der Waals surface area contributed by atoms with Crippen LogP contribution in [0.4, 0.5) is 0 Å². The molecule has 0 heterocycles. The highest BCUT2D eigenvalue weighted by atomic mass is 14.9. The van der Waals surface area contributed by atoms with Gasteiger partial charge in [0.2, 0.25) is 0 Å². The van der Waals surface area contributed by atoms with E-state index in [1.54, 1.807) is 0 Å². The van der Waals surface area contributed by atoms with Crippen molar-refractivity contribution < 1.29 is 0 Å². The molecule has 96 valence electrons. The molecule has 3 N–H and O–H groups in total. The minimum absolute atomic E-state index is 0.334. The Morgan fingerprint density at radius 3 is 2.62 bits per heavy atom. The zero-order valence-electron chi connectivity index (χ0n) is 11.3. The Hall–Kier alpha value is -0.0800. The quantitative estimate of drug-likeness (QED) is 0.707. The molecule has 16 heavy (non-hydrogen) atoms. The number of nitrogens with two attached hydrogens (primary N) is 1. The van der Waals surface area contributed by atoms with E-state index in [0.717, 1.165) is 24.9 Å². The van der Waals surface area contributed by atoms with Crippen molar-refractivity contribution in [3.63, 3.8) is 0 Å². The van der Waals surface area contributed by atoms with E-state index in [2.05, 4.69) is 26.1 Å². The Morgan fingerprint density at radius 1 is 1.19 bits per heavy atom. The minimum atomic E-state index is 0.334. The molecule has 1 aliphatic rings. The second-order valence-corrected chi connectivity index (χ2v) is 6.11. The summed E-state index contributed by atoms with van der Waals surface area (Å²) in [5.74, 6) is 1.64. The SMILES string of the molecule is CC(C)CC(N)CNC1CCCC(C)CC1. The highest BCUT2D eigenvalue weighted by Crippen LogP contribution is 2.22. The molecule has 0 amide bonds. The second-order valence-electron chi connectivity index (χ2n) is 6.11. The van der Waals surface area contributed by atoms with E-state index in [1.807, 2.05) is 0 Å². The average Bonchev–Trinajstić information content (AvgIpc) is 2.39. The molecule has 0 saturated heterocycles. The maximum atomic E-state index is 6.10. The largest absolute Gasteiger partial charge is 0.327 e. The molecule has 3 unspecified atom stereocenters. The van der Waals surface area contributed by atoms with Gasteiger partial charge in [-0.1, -0.05) is 33.6 Å². The van der Waals surface area contributed by atoms with Crippen LogP contribution in [0.3, 0.4) is 0 Å². The normalized spacial score (nSPS) is 29.1. The third-order valence-electron chi connectivity index (χ3n) is 3.70. The summed E-state index contributed by atoms with van der Waals surface area (Å²) in [5, 5.41) is 3.66. The van der Waals surface area contributed by atoms with Crippen molar-refractivity contribution >= 4 is 0 Å². The summed E-state index contributed by atoms with van der Waals surface area (Å²) in [6.45, 7) is 7.87. The summed E-state index contributed by atoms with van der Waals surface area (Å²) < 4.78 is 0. The molecule has 0 aromatic carbocycles. The monoisotopic (exact) mass is 226 g/mol. The van der Waals surface area contributed by atoms with Crippen LogP contribution in [0.15, 0.2) is 0 Å². The number of nitrogens with one attached hydrogen (secondary N) is 1. The summed E-state index contributed by atoms with van der Waals surface area (Å²) in [4.78, 5) is 0. The Balaban J connectivity index is 2.16. The molecule has 0 bridgehead atoms. The van der Waals surface area contributed by atoms with Crippen LogP contribution in [0.25, 0.3) is 0 Å². The Morgan fingerprint density at radius 2 is 1.94 bits per heavy atom. The van der Waals surface area contributed by atoms with Crippen molar-refractivity contribution in [1.82, 2.24) is 5.32 Å². The first-order valence-corrected chi connectivity index (χ1v) is 7.07. The summed E-state index contributed by atoms with van der Waals surface area (Å²) in [7, 11) is 0. The summed E-state index contributed by atoms with van der Waals surface area (Å²) in [6.07, 6.45) is 8.01. The lowest BCUT2D eigenvalue weighted by atomic mass is 10.0. The lowest BCUT2D eigenvalue weighted by Gasteiger charge is -2.20. The molecule has 3 atom stereocenters. The molecule has 1 rings (SSSR count). The van der Waals surface area contributed by atoms with Crippen molar-refractivity contribution in [2.75, 3.05) is 6.54 Å². The number of hydrogen-bond acceptors (Lipinski definition) is 2. The van der Waals surface area contributed by atoms with Gasteiger partial charge in [0, 0.05) is 18.6 Å². The maximum absolute atomic E-state index is 6.10. The van der Waals surface area contributed by atoms with Gasteiger partial charge in [-0.15, -0.1) is 0 Å². The van der Waals surface area contributed by atoms with Crippen LogP contribution >= 0.6 is 0 Å². The van der Waals surface area contributed by atoms with Crippen LogP contribution < -0.4 is 11.1 Å². The third kappa shape index (κ3) is 5.86. The van der Waals surface area contributed by atoms with E-state index in [4.69, 9.17) is 5.73 Å². The van der Waals surface area contributed by atoms with E-state index < -0.39 is 0 Å². The first-order valence-electron chi connectivity index (χ1n) is 7.07. The van der Waals surface area contributed by atoms with Crippen LogP contribution in [-0.2, 0) is 0 Å². The van der Waals surface area contributed by atoms with Gasteiger partial charge in [-0.25, -0.2) is 0 Å². The molecule has 0 radical (unpaired) electrons. The first kappa shape index (κ1) is 14.0. The molecule has 0 aliphatic heterocycles. The van der Waals surface area contributed by atoms with Gasteiger partial charge in [0.25, 0.3) is 0 Å². The smallest absolute Gasteiger partial charge is 0.0167 e. The van der Waals surface area contributed by atoms with Crippen LogP contribution in [0.2, 0.25) is 0 Å². The van der Waals surface area contributed by atoms with E-state index >= 15 is 0 Å². The molecule has 2 nitrogen and oxygen atoms in total. The molecule has 0 aromatic rings. The van der Waals surface area contributed by atoms with Crippen molar-refractivity contribution in [3.05, 3.63) is 0 Å². The third-order valence-corrected chi connectivity index (χ3v) is 3.70. The summed E-state index contributed by atoms with van der Waals surface area (Å²) in [6, 6.07) is 1.06. The number of hydrogen-bond donors (Lipinski definition) is 2. The fourth-order valence-electron chi connectivity index (χ4n) is 2.70. The van der Waals surface area contributed by atoms with Gasteiger partial charge in [-0.05, 0) is 37.5 Å². The second kappa shape index (κ2) is 7.29. The molecule has 0 aromatic heterocycles. The zero-order chi connectivity index (χ0) is 12.0. The minimum Gasteiger partial charge on any atom is -0.327 e. The molecule has 1 fully saturated rings. The lowest BCUT2D eigenvalue weighted by Crippen LogP contribution is -2.40. The van der Waals surface area contributed by atoms with Gasteiger partial charge in [0.15, 0.2) is 0 Å². The topological polar surface area (TPSA) is 38.0 Å². The average molecular weight is 226 g/mol. The van der Waals surface area contributed by atoms with Gasteiger partial charge >= 0.3 is 0 Å². The standard InChI is InChI=1S/C14H30N2/c1-11(2)9-13(15)10-16-14-6-4-5-12(3)7-8-14/h11-14,16H,4-10,15H2,1-3H3. The van der Waals surface area contributed by atoms with Gasteiger partial charge in [-0.3, -0.25) is 0 Å². The Labute approximate surface area is 101 Å². The van der Waals surface area contributed by atoms with Gasteiger partial charge in [0.05, 0.1) is 0 Å². The van der Waals surface area contributed by atoms with Gasteiger partial charge in [-0.2, -0.15) is 0 Å². The molecular formula is C14H30N2. The first-order chi connectivity index (χ1) is 7.58. The molecule has 2 heteroatoms. The number of rotatable bonds is 5. The van der Waals surface area contributed by atoms with Gasteiger partial charge < -0.3 is 11.1 Å². The summed E-state index contributed by atoms with van der Waals surface area (Å²) in [5.41, 5.74) is 6.10. The van der Waals surface area contributed by atoms with E-state index in [0.29, 0.717) is 12.0 Å². The van der Waals surface area contributed by atoms with Crippen molar-refractivity contribution in [1.29, 1.82) is 0 Å². The van der Waals surface area contributed by atoms with Crippen LogP contribution in [-0.4, -0.2) is 18.6 Å². The summed E-state index contributed by atoms with van der Waals surface area (Å²) >= 11 is 0. The van der Waals surface area contributed by atoms with Crippen molar-refractivity contribution in [2.45, 2.75) is 71.4 Å². The Bertz CT molecular complexity index is 180. The van der Waals surface area contributed by atoms with E-state index in [9.17, 15) is 0 Å². The fourth-order valence-corrected chi connectivity index (χ4v) is 2.70. The van der Waals surface area contributed by atoms with Crippen molar-refractivity contribution in [3.8, 4) is 0 Å². The Kier molecular flexibility index (Phi) is 6.37. The van der Waals surface area contributed by atoms with Crippen LogP contribution in [0.1, 0.15) is 59.3 Å². The van der Waals surface area contributed by atoms with Crippen LogP contribution in [0.5, 0.6) is 0 Å². The highest BCUT2D eigenvalue weighted by Gasteiger charge is 2.16. The molecule has 1 aliphatic carbocycles. The van der Waals surface area contributed by atoms with Crippen molar-refractivity contribution in [2.24, 2.45) is 17.6 Å². The van der Waals surface area contributed by atoms with Gasteiger partial charge in [0.1, 0.15) is 0 Å². The van der Waals surface area contributed by atoms with E-state index in [1.165, 1.54) is 32.1 Å². The fraction of sp³-hybridized carbons (Fsp3) is 1.00. The molecule has 0 spiro atoms. The predicted molar refractivity (Wildman–Crippen MR) is 71.5 cm³/mol. The highest BCUT2D eigenvalue weighted by molar-refractivity contribution is 4.76. The molecular weight excluding hydrogens is 196 g/mol. The maximum Gasteiger partial charge on any atom is 0.0167 e. The van der Waals surface area contributed by atoms with E-state index in [-0.39, 0.29) is 0 Å².